The molecule has 1 aromatic heterocycles. The Bertz CT molecular complexity index is 810. The van der Waals surface area contributed by atoms with E-state index in [0.29, 0.717) is 29.4 Å². The molecule has 0 radical (unpaired) electrons. The molecule has 0 saturated carbocycles. The van der Waals surface area contributed by atoms with Crippen molar-refractivity contribution in [3.05, 3.63) is 46.2 Å². The van der Waals surface area contributed by atoms with Crippen LogP contribution >= 0.6 is 11.3 Å². The number of nitrogens with zero attached hydrogens (tertiary/aromatic N) is 1. The predicted octanol–water partition coefficient (Wildman–Crippen LogP) is 4.24. The van der Waals surface area contributed by atoms with Gasteiger partial charge in [0.25, 0.3) is 0 Å². The first-order valence-electron chi connectivity index (χ1n) is 9.34. The predicted molar refractivity (Wildman–Crippen MR) is 106 cm³/mol. The number of hydrogen-bond acceptors (Lipinski definition) is 6. The summed E-state index contributed by atoms with van der Waals surface area (Å²) in [6.07, 6.45) is 7.23. The van der Waals surface area contributed by atoms with Crippen molar-refractivity contribution in [3.8, 4) is 17.2 Å². The summed E-state index contributed by atoms with van der Waals surface area (Å²) in [5.41, 5.74) is 0.505. The average molecular weight is 385 g/mol. The molecule has 6 heteroatoms. The van der Waals surface area contributed by atoms with Gasteiger partial charge >= 0.3 is 0 Å². The van der Waals surface area contributed by atoms with Gasteiger partial charge in [-0.3, -0.25) is 9.69 Å². The van der Waals surface area contributed by atoms with Gasteiger partial charge in [0.15, 0.2) is 17.3 Å². The summed E-state index contributed by atoms with van der Waals surface area (Å²) >= 11 is 1.59. The monoisotopic (exact) mass is 385 g/mol. The minimum Gasteiger partial charge on any atom is -0.491 e. The third-order valence-corrected chi connectivity index (χ3v) is 5.63. The molecule has 0 amide bonds. The average Bonchev–Trinajstić information content (AvgIpc) is 3.37. The minimum atomic E-state index is -0.102. The van der Waals surface area contributed by atoms with E-state index < -0.39 is 0 Å². The summed E-state index contributed by atoms with van der Waals surface area (Å²) in [4.78, 5) is 16.2. The number of ether oxygens (including phenoxy) is 3. The van der Waals surface area contributed by atoms with Gasteiger partial charge in [0.2, 0.25) is 6.79 Å². The van der Waals surface area contributed by atoms with E-state index in [2.05, 4.69) is 4.90 Å². The van der Waals surface area contributed by atoms with Crippen LogP contribution in [0.1, 0.15) is 34.5 Å². The lowest BCUT2D eigenvalue weighted by Crippen LogP contribution is -2.33. The Balaban J connectivity index is 1.48. The third kappa shape index (κ3) is 4.51. The van der Waals surface area contributed by atoms with E-state index in [1.807, 2.05) is 23.6 Å². The van der Waals surface area contributed by atoms with E-state index in [4.69, 9.17) is 14.2 Å². The molecular formula is C21H23NO4S. The molecule has 1 saturated heterocycles. The first-order chi connectivity index (χ1) is 13.3. The molecule has 4 rings (SSSR count). The standard InChI is InChI=1S/C21H23NO4S/c23-18(7-6-16-5-4-12-27-16)17-13-20-21(26-15-25-20)14-19(17)24-11-10-22-8-2-1-3-9-22/h4-7,12-14H,1-3,8-11,15H2/b7-6+. The maximum atomic E-state index is 12.8. The molecule has 0 N–H and O–H groups in total. The lowest BCUT2D eigenvalue weighted by Gasteiger charge is -2.26. The molecule has 0 aliphatic carbocycles. The van der Waals surface area contributed by atoms with Crippen LogP contribution in [0, 0.1) is 0 Å². The number of ketones is 1. The van der Waals surface area contributed by atoms with Crippen molar-refractivity contribution in [2.45, 2.75) is 19.3 Å². The van der Waals surface area contributed by atoms with Crippen molar-refractivity contribution in [2.24, 2.45) is 0 Å². The topological polar surface area (TPSA) is 48.0 Å². The van der Waals surface area contributed by atoms with E-state index in [9.17, 15) is 4.79 Å². The minimum absolute atomic E-state index is 0.102. The van der Waals surface area contributed by atoms with Crippen LogP contribution in [0.25, 0.3) is 6.08 Å². The van der Waals surface area contributed by atoms with E-state index in [-0.39, 0.29) is 12.6 Å². The summed E-state index contributed by atoms with van der Waals surface area (Å²) in [6, 6.07) is 7.43. The van der Waals surface area contributed by atoms with Crippen LogP contribution in [0.3, 0.4) is 0 Å². The number of carbonyl (C=O) groups excluding carboxylic acids is 1. The second kappa shape index (κ2) is 8.59. The van der Waals surface area contributed by atoms with Crippen LogP contribution in [0.4, 0.5) is 0 Å². The van der Waals surface area contributed by atoms with Crippen molar-refractivity contribution in [2.75, 3.05) is 33.0 Å². The molecule has 0 unspecified atom stereocenters. The molecule has 2 aliphatic rings. The van der Waals surface area contributed by atoms with Crippen LogP contribution in [0.2, 0.25) is 0 Å². The molecule has 2 aromatic rings. The number of fused-ring (bicyclic) bond motifs is 1. The van der Waals surface area contributed by atoms with Gasteiger partial charge in [-0.15, -0.1) is 11.3 Å². The highest BCUT2D eigenvalue weighted by atomic mass is 32.1. The molecule has 142 valence electrons. The number of carbonyl (C=O) groups is 1. The molecular weight excluding hydrogens is 362 g/mol. The molecule has 1 fully saturated rings. The second-order valence-electron chi connectivity index (χ2n) is 6.67. The SMILES string of the molecule is O=C(/C=C/c1cccs1)c1cc2c(cc1OCCN1CCCCC1)OCO2. The highest BCUT2D eigenvalue weighted by Gasteiger charge is 2.21. The normalized spacial score (nSPS) is 16.7. The summed E-state index contributed by atoms with van der Waals surface area (Å²) in [5.74, 6) is 1.67. The van der Waals surface area contributed by atoms with Crippen molar-refractivity contribution >= 4 is 23.2 Å². The molecule has 0 spiro atoms. The fourth-order valence-electron chi connectivity index (χ4n) is 3.34. The van der Waals surface area contributed by atoms with Gasteiger partial charge in [0, 0.05) is 17.5 Å². The largest absolute Gasteiger partial charge is 0.491 e. The zero-order valence-electron chi connectivity index (χ0n) is 15.2. The zero-order valence-corrected chi connectivity index (χ0v) is 16.0. The van der Waals surface area contributed by atoms with Crippen LogP contribution in [-0.2, 0) is 0 Å². The van der Waals surface area contributed by atoms with E-state index in [1.54, 1.807) is 29.5 Å². The number of thiophene rings is 1. The summed E-state index contributed by atoms with van der Waals surface area (Å²) in [6.45, 7) is 3.84. The highest BCUT2D eigenvalue weighted by molar-refractivity contribution is 7.10. The van der Waals surface area contributed by atoms with E-state index in [0.717, 1.165) is 24.5 Å². The van der Waals surface area contributed by atoms with Crippen LogP contribution in [-0.4, -0.2) is 43.7 Å². The summed E-state index contributed by atoms with van der Waals surface area (Å²) in [5, 5.41) is 1.99. The van der Waals surface area contributed by atoms with Gasteiger partial charge in [-0.05, 0) is 55.6 Å². The molecule has 3 heterocycles. The maximum absolute atomic E-state index is 12.8. The lowest BCUT2D eigenvalue weighted by molar-refractivity contribution is 0.104. The van der Waals surface area contributed by atoms with Gasteiger partial charge in [0.05, 0.1) is 5.56 Å². The molecule has 0 atom stereocenters. The van der Waals surface area contributed by atoms with E-state index in [1.165, 1.54) is 19.3 Å². The van der Waals surface area contributed by atoms with Gasteiger partial charge in [-0.25, -0.2) is 0 Å². The number of hydrogen-bond donors (Lipinski definition) is 0. The Hall–Kier alpha value is -2.31. The fourth-order valence-corrected chi connectivity index (χ4v) is 3.95. The van der Waals surface area contributed by atoms with Crippen LogP contribution in [0.5, 0.6) is 17.2 Å². The Kier molecular flexibility index (Phi) is 5.75. The van der Waals surface area contributed by atoms with Crippen molar-refractivity contribution in [1.29, 1.82) is 0 Å². The number of likely N-dealkylation sites (tertiary alicyclic amines) is 1. The molecule has 2 aliphatic heterocycles. The Morgan fingerprint density at radius 3 is 2.78 bits per heavy atom. The number of benzene rings is 1. The first-order valence-corrected chi connectivity index (χ1v) is 10.2. The van der Waals surface area contributed by atoms with Crippen molar-refractivity contribution in [1.82, 2.24) is 4.90 Å². The molecule has 27 heavy (non-hydrogen) atoms. The van der Waals surface area contributed by atoms with Gasteiger partial charge in [-0.2, -0.15) is 0 Å². The van der Waals surface area contributed by atoms with Gasteiger partial charge in [-0.1, -0.05) is 12.5 Å². The number of rotatable bonds is 7. The Labute approximate surface area is 163 Å². The van der Waals surface area contributed by atoms with Gasteiger partial charge < -0.3 is 14.2 Å². The Morgan fingerprint density at radius 2 is 2.00 bits per heavy atom. The summed E-state index contributed by atoms with van der Waals surface area (Å²) in [7, 11) is 0. The second-order valence-corrected chi connectivity index (χ2v) is 7.64. The highest BCUT2D eigenvalue weighted by Crippen LogP contribution is 2.38. The lowest BCUT2D eigenvalue weighted by atomic mass is 10.1. The summed E-state index contributed by atoms with van der Waals surface area (Å²) < 4.78 is 16.9. The van der Waals surface area contributed by atoms with Crippen molar-refractivity contribution in [3.63, 3.8) is 0 Å². The van der Waals surface area contributed by atoms with Gasteiger partial charge in [0.1, 0.15) is 12.4 Å². The maximum Gasteiger partial charge on any atom is 0.231 e. The first kappa shape index (κ1) is 18.1. The van der Waals surface area contributed by atoms with Crippen LogP contribution < -0.4 is 14.2 Å². The molecule has 1 aromatic carbocycles. The van der Waals surface area contributed by atoms with E-state index >= 15 is 0 Å². The fraction of sp³-hybridized carbons (Fsp3) is 0.381. The smallest absolute Gasteiger partial charge is 0.231 e. The number of allylic oxidation sites excluding steroid dienone is 1. The third-order valence-electron chi connectivity index (χ3n) is 4.80. The van der Waals surface area contributed by atoms with Crippen LogP contribution in [0.15, 0.2) is 35.7 Å². The molecule has 5 nitrogen and oxygen atoms in total. The van der Waals surface area contributed by atoms with Crippen molar-refractivity contribution < 1.29 is 19.0 Å². The quantitative estimate of drug-likeness (QED) is 0.527. The number of piperidine rings is 1. The zero-order chi connectivity index (χ0) is 18.5. The Morgan fingerprint density at radius 1 is 1.19 bits per heavy atom. The molecule has 0 bridgehead atoms.